The minimum absolute atomic E-state index is 0. The second-order valence-corrected chi connectivity index (χ2v) is 6.39. The van der Waals surface area contributed by atoms with Gasteiger partial charge in [0.15, 0.2) is 0 Å². The van der Waals surface area contributed by atoms with Crippen LogP contribution in [-0.4, -0.2) is 26.9 Å². The topological polar surface area (TPSA) is 101 Å². The van der Waals surface area contributed by atoms with Crippen molar-refractivity contribution in [2.75, 3.05) is 11.9 Å². The molecule has 1 aliphatic heterocycles. The predicted octanol–water partition coefficient (Wildman–Crippen LogP) is 1.01. The second kappa shape index (κ2) is 7.22. The third-order valence-electron chi connectivity index (χ3n) is 3.40. The summed E-state index contributed by atoms with van der Waals surface area (Å²) in [5, 5.41) is 11.0. The summed E-state index contributed by atoms with van der Waals surface area (Å²) in [5.74, 6) is -0.146. The van der Waals surface area contributed by atoms with Crippen molar-refractivity contribution in [3.05, 3.63) is 23.8 Å². The number of aryl methyl sites for hydroxylation is 1. The van der Waals surface area contributed by atoms with E-state index in [1.54, 1.807) is 12.1 Å². The fraction of sp³-hybridized carbons (Fsp3) is 0.462. The van der Waals surface area contributed by atoms with E-state index in [2.05, 4.69) is 10.6 Å². The zero-order valence-electron chi connectivity index (χ0n) is 11.8. The average molecular weight is 334 g/mol. The Kier molecular flexibility index (Phi) is 6.15. The van der Waals surface area contributed by atoms with Crippen LogP contribution in [-0.2, 0) is 21.2 Å². The summed E-state index contributed by atoms with van der Waals surface area (Å²) in [6.07, 6.45) is 2.32. The van der Waals surface area contributed by atoms with E-state index in [1.807, 2.05) is 6.92 Å². The number of halogens is 1. The Hall–Kier alpha value is -1.15. The summed E-state index contributed by atoms with van der Waals surface area (Å²) in [7, 11) is -3.79. The maximum Gasteiger partial charge on any atom is 0.241 e. The van der Waals surface area contributed by atoms with Gasteiger partial charge in [0.2, 0.25) is 15.9 Å². The van der Waals surface area contributed by atoms with Gasteiger partial charge < -0.3 is 10.6 Å². The first-order chi connectivity index (χ1) is 9.41. The lowest BCUT2D eigenvalue weighted by Gasteiger charge is -2.13. The number of primary sulfonamides is 1. The Morgan fingerprint density at radius 1 is 1.48 bits per heavy atom. The number of carbonyl (C=O) groups is 1. The summed E-state index contributed by atoms with van der Waals surface area (Å²) in [4.78, 5) is 12.0. The number of amides is 1. The molecule has 8 heteroatoms. The lowest BCUT2D eigenvalue weighted by molar-refractivity contribution is -0.117. The number of hydrogen-bond donors (Lipinski definition) is 3. The van der Waals surface area contributed by atoms with E-state index in [1.165, 1.54) is 6.07 Å². The Morgan fingerprint density at radius 2 is 2.19 bits per heavy atom. The lowest BCUT2D eigenvalue weighted by Crippen LogP contribution is -2.35. The van der Waals surface area contributed by atoms with Crippen molar-refractivity contribution >= 4 is 34.0 Å². The summed E-state index contributed by atoms with van der Waals surface area (Å²) in [5.41, 5.74) is 1.09. The molecule has 1 heterocycles. The van der Waals surface area contributed by atoms with Gasteiger partial charge in [-0.1, -0.05) is 13.0 Å². The van der Waals surface area contributed by atoms with Crippen LogP contribution in [0.25, 0.3) is 0 Å². The normalized spacial score (nSPS) is 18.1. The van der Waals surface area contributed by atoms with E-state index in [9.17, 15) is 13.2 Å². The average Bonchev–Trinajstić information content (AvgIpc) is 2.91. The van der Waals surface area contributed by atoms with Gasteiger partial charge in [-0.15, -0.1) is 12.4 Å². The molecule has 0 spiro atoms. The number of rotatable bonds is 4. The van der Waals surface area contributed by atoms with E-state index >= 15 is 0 Å². The summed E-state index contributed by atoms with van der Waals surface area (Å²) in [6.45, 7) is 2.68. The van der Waals surface area contributed by atoms with Crippen LogP contribution < -0.4 is 15.8 Å². The van der Waals surface area contributed by atoms with Crippen LogP contribution >= 0.6 is 12.4 Å². The fourth-order valence-corrected chi connectivity index (χ4v) is 3.20. The van der Waals surface area contributed by atoms with Crippen molar-refractivity contribution in [2.45, 2.75) is 37.1 Å². The minimum atomic E-state index is -3.79. The quantitative estimate of drug-likeness (QED) is 0.765. The third kappa shape index (κ3) is 4.41. The molecule has 0 bridgehead atoms. The van der Waals surface area contributed by atoms with Gasteiger partial charge in [-0.3, -0.25) is 4.79 Å². The molecular formula is C13H20ClN3O3S. The van der Waals surface area contributed by atoms with E-state index in [4.69, 9.17) is 5.14 Å². The number of nitrogens with two attached hydrogens (primary N) is 1. The Morgan fingerprint density at radius 3 is 2.71 bits per heavy atom. The zero-order chi connectivity index (χ0) is 14.8. The van der Waals surface area contributed by atoms with Crippen LogP contribution in [0.4, 0.5) is 5.69 Å². The highest BCUT2D eigenvalue weighted by Crippen LogP contribution is 2.21. The van der Waals surface area contributed by atoms with Gasteiger partial charge in [-0.2, -0.15) is 0 Å². The Labute approximate surface area is 130 Å². The fourth-order valence-electron chi connectivity index (χ4n) is 2.33. The smallest absolute Gasteiger partial charge is 0.241 e. The highest BCUT2D eigenvalue weighted by atomic mass is 35.5. The summed E-state index contributed by atoms with van der Waals surface area (Å²) in [6, 6.07) is 4.58. The summed E-state index contributed by atoms with van der Waals surface area (Å²) < 4.78 is 23.1. The van der Waals surface area contributed by atoms with Crippen molar-refractivity contribution in [1.82, 2.24) is 5.32 Å². The van der Waals surface area contributed by atoms with Crippen LogP contribution in [0, 0.1) is 0 Å². The van der Waals surface area contributed by atoms with Gasteiger partial charge >= 0.3 is 0 Å². The van der Waals surface area contributed by atoms with Gasteiger partial charge in [0, 0.05) is 5.69 Å². The number of hydrogen-bond acceptors (Lipinski definition) is 4. The molecule has 1 aromatic carbocycles. The van der Waals surface area contributed by atoms with Crippen molar-refractivity contribution in [3.63, 3.8) is 0 Å². The standard InChI is InChI=1S/C13H19N3O3S.ClH/c1-2-9-5-6-10(8-12(9)20(14,18)19)16-13(17)11-4-3-7-15-11;/h5-6,8,11,15H,2-4,7H2,1H3,(H,16,17)(H2,14,18,19);1H. The molecule has 0 radical (unpaired) electrons. The maximum absolute atomic E-state index is 12.0. The molecule has 0 aromatic heterocycles. The molecule has 1 fully saturated rings. The number of carbonyl (C=O) groups excluding carboxylic acids is 1. The number of sulfonamides is 1. The predicted molar refractivity (Wildman–Crippen MR) is 84.1 cm³/mol. The molecule has 1 saturated heterocycles. The zero-order valence-corrected chi connectivity index (χ0v) is 13.4. The van der Waals surface area contributed by atoms with Crippen LogP contribution in [0.5, 0.6) is 0 Å². The van der Waals surface area contributed by atoms with Crippen molar-refractivity contribution in [3.8, 4) is 0 Å². The van der Waals surface area contributed by atoms with E-state index in [0.717, 1.165) is 19.4 Å². The number of anilines is 1. The minimum Gasteiger partial charge on any atom is -0.325 e. The monoisotopic (exact) mass is 333 g/mol. The maximum atomic E-state index is 12.0. The Bertz CT molecular complexity index is 613. The van der Waals surface area contributed by atoms with Crippen LogP contribution in [0.3, 0.4) is 0 Å². The van der Waals surface area contributed by atoms with E-state index in [-0.39, 0.29) is 29.3 Å². The second-order valence-electron chi connectivity index (χ2n) is 4.86. The molecule has 6 nitrogen and oxygen atoms in total. The third-order valence-corrected chi connectivity index (χ3v) is 4.39. The van der Waals surface area contributed by atoms with Gasteiger partial charge in [-0.25, -0.2) is 13.6 Å². The molecule has 118 valence electrons. The van der Waals surface area contributed by atoms with Crippen LogP contribution in [0.15, 0.2) is 23.1 Å². The molecule has 0 aliphatic carbocycles. The molecule has 2 rings (SSSR count). The van der Waals surface area contributed by atoms with Crippen molar-refractivity contribution in [1.29, 1.82) is 0 Å². The highest BCUT2D eigenvalue weighted by Gasteiger charge is 2.22. The van der Waals surface area contributed by atoms with Gasteiger partial charge in [0.1, 0.15) is 0 Å². The molecule has 1 aromatic rings. The van der Waals surface area contributed by atoms with Gasteiger partial charge in [0.25, 0.3) is 0 Å². The van der Waals surface area contributed by atoms with Gasteiger partial charge in [-0.05, 0) is 43.5 Å². The first-order valence-corrected chi connectivity index (χ1v) is 8.16. The first kappa shape index (κ1) is 17.9. The van der Waals surface area contributed by atoms with Crippen LogP contribution in [0.2, 0.25) is 0 Å². The Balaban J connectivity index is 0.00000220. The molecule has 0 saturated carbocycles. The molecule has 1 atom stereocenters. The molecule has 1 aliphatic rings. The van der Waals surface area contributed by atoms with Crippen molar-refractivity contribution in [2.24, 2.45) is 5.14 Å². The molecule has 21 heavy (non-hydrogen) atoms. The summed E-state index contributed by atoms with van der Waals surface area (Å²) >= 11 is 0. The first-order valence-electron chi connectivity index (χ1n) is 6.62. The van der Waals surface area contributed by atoms with Gasteiger partial charge in [0.05, 0.1) is 10.9 Å². The van der Waals surface area contributed by atoms with Crippen molar-refractivity contribution < 1.29 is 13.2 Å². The number of nitrogens with one attached hydrogen (secondary N) is 2. The van der Waals surface area contributed by atoms with Crippen LogP contribution in [0.1, 0.15) is 25.3 Å². The largest absolute Gasteiger partial charge is 0.325 e. The molecule has 1 amide bonds. The molecule has 4 N–H and O–H groups in total. The highest BCUT2D eigenvalue weighted by molar-refractivity contribution is 7.89. The van der Waals surface area contributed by atoms with E-state index < -0.39 is 10.0 Å². The molecular weight excluding hydrogens is 314 g/mol. The number of benzene rings is 1. The van der Waals surface area contributed by atoms with E-state index in [0.29, 0.717) is 17.7 Å². The molecule has 1 unspecified atom stereocenters. The lowest BCUT2D eigenvalue weighted by atomic mass is 10.1. The SMILES string of the molecule is CCc1ccc(NC(=O)C2CCCN2)cc1S(N)(=O)=O.Cl.